The number of methoxy groups -OCH3 is 1. The average Bonchev–Trinajstić information content (AvgIpc) is 3.20. The molecule has 1 heterocycles. The predicted molar refractivity (Wildman–Crippen MR) is 114 cm³/mol. The maximum atomic E-state index is 12.4. The summed E-state index contributed by atoms with van der Waals surface area (Å²) in [4.78, 5) is 25.6. The number of nitrogens with two attached hydrogens (primary N) is 1. The van der Waals surface area contributed by atoms with Crippen LogP contribution in [0, 0.1) is 0 Å². The van der Waals surface area contributed by atoms with Gasteiger partial charge in [-0.3, -0.25) is 9.59 Å². The van der Waals surface area contributed by atoms with Crippen LogP contribution in [-0.4, -0.2) is 31.0 Å². The first-order valence-corrected chi connectivity index (χ1v) is 10.1. The largest absolute Gasteiger partial charge is 0.497 e. The fraction of sp³-hybridized carbons (Fsp3) is 0.333. The molecule has 0 aliphatic heterocycles. The number of benzene rings is 1. The molecule has 0 aliphatic carbocycles. The molecule has 4 N–H and O–H groups in total. The second kappa shape index (κ2) is 11.3. The summed E-state index contributed by atoms with van der Waals surface area (Å²) in [5.41, 5.74) is 6.69. The molecule has 6 nitrogen and oxygen atoms in total. The normalized spacial score (nSPS) is 13.1. The van der Waals surface area contributed by atoms with Gasteiger partial charge < -0.3 is 21.1 Å². The minimum atomic E-state index is -0.612. The predicted octanol–water partition coefficient (Wildman–Crippen LogP) is 3.11. The lowest BCUT2D eigenvalue weighted by molar-refractivity contribution is -0.122. The van der Waals surface area contributed by atoms with Crippen molar-refractivity contribution in [1.82, 2.24) is 5.32 Å². The summed E-state index contributed by atoms with van der Waals surface area (Å²) in [5.74, 6) is 0.244. The molecule has 150 valence electrons. The van der Waals surface area contributed by atoms with Crippen molar-refractivity contribution in [2.75, 3.05) is 12.4 Å². The second-order valence-electron chi connectivity index (χ2n) is 6.37. The van der Waals surface area contributed by atoms with Crippen molar-refractivity contribution in [3.05, 3.63) is 58.8 Å². The third-order valence-corrected chi connectivity index (χ3v) is 5.00. The number of carbonyl (C=O) groups is 2. The number of thiophene rings is 1. The van der Waals surface area contributed by atoms with Gasteiger partial charge in [-0.1, -0.05) is 25.5 Å². The maximum absolute atomic E-state index is 12.4. The minimum Gasteiger partial charge on any atom is -0.497 e. The summed E-state index contributed by atoms with van der Waals surface area (Å²) < 4.78 is 5.09. The van der Waals surface area contributed by atoms with Crippen LogP contribution in [0.2, 0.25) is 0 Å². The Labute approximate surface area is 169 Å². The number of amides is 2. The molecular weight excluding hydrogens is 374 g/mol. The topological polar surface area (TPSA) is 93.5 Å². The van der Waals surface area contributed by atoms with Crippen molar-refractivity contribution in [2.45, 2.75) is 38.3 Å². The molecule has 28 heavy (non-hydrogen) atoms. The first-order chi connectivity index (χ1) is 13.5. The summed E-state index contributed by atoms with van der Waals surface area (Å²) in [6.07, 6.45) is 5.25. The quantitative estimate of drug-likeness (QED) is 0.533. The Balaban J connectivity index is 1.88. The summed E-state index contributed by atoms with van der Waals surface area (Å²) in [5, 5.41) is 7.66. The number of rotatable bonds is 10. The number of anilines is 1. The Kier molecular flexibility index (Phi) is 8.71. The van der Waals surface area contributed by atoms with Gasteiger partial charge in [0.25, 0.3) is 0 Å². The standard InChI is InChI=1S/C21H27N3O3S/c1-3-5-15(24-21(26)19(22)14-18-6-4-13-28-18)9-12-20(25)23-16-7-10-17(27-2)11-8-16/h4,6-13,15,19H,3,5,14,22H2,1-2H3,(H,23,25)(H,24,26)/t15-,19-/m0/s1. The summed E-state index contributed by atoms with van der Waals surface area (Å²) in [7, 11) is 1.59. The Bertz CT molecular complexity index is 773. The highest BCUT2D eigenvalue weighted by molar-refractivity contribution is 7.09. The molecule has 2 atom stereocenters. The molecule has 2 aromatic rings. The van der Waals surface area contributed by atoms with Crippen molar-refractivity contribution in [2.24, 2.45) is 5.73 Å². The fourth-order valence-electron chi connectivity index (χ4n) is 2.62. The highest BCUT2D eigenvalue weighted by Gasteiger charge is 2.17. The van der Waals surface area contributed by atoms with Crippen LogP contribution in [0.5, 0.6) is 5.75 Å². The molecular formula is C21H27N3O3S. The van der Waals surface area contributed by atoms with Gasteiger partial charge in [0.2, 0.25) is 11.8 Å². The number of carbonyl (C=O) groups excluding carboxylic acids is 2. The molecule has 2 amide bonds. The van der Waals surface area contributed by atoms with Crippen molar-refractivity contribution in [3.8, 4) is 5.75 Å². The van der Waals surface area contributed by atoms with Gasteiger partial charge in [-0.25, -0.2) is 0 Å². The first-order valence-electron chi connectivity index (χ1n) is 9.23. The molecule has 0 radical (unpaired) electrons. The minimum absolute atomic E-state index is 0.216. The Morgan fingerprint density at radius 2 is 2.00 bits per heavy atom. The van der Waals surface area contributed by atoms with Gasteiger partial charge in [-0.15, -0.1) is 11.3 Å². The SMILES string of the molecule is CCC[C@@H](C=CC(=O)Nc1ccc(OC)cc1)NC(=O)[C@@H](N)Cc1cccs1. The maximum Gasteiger partial charge on any atom is 0.248 e. The van der Waals surface area contributed by atoms with Crippen LogP contribution < -0.4 is 21.1 Å². The summed E-state index contributed by atoms with van der Waals surface area (Å²) >= 11 is 1.58. The zero-order valence-electron chi connectivity index (χ0n) is 16.2. The van der Waals surface area contributed by atoms with E-state index in [4.69, 9.17) is 10.5 Å². The van der Waals surface area contributed by atoms with E-state index >= 15 is 0 Å². The smallest absolute Gasteiger partial charge is 0.248 e. The molecule has 0 saturated heterocycles. The van der Waals surface area contributed by atoms with Gasteiger partial charge in [-0.2, -0.15) is 0 Å². The van der Waals surface area contributed by atoms with Crippen LogP contribution in [-0.2, 0) is 16.0 Å². The van der Waals surface area contributed by atoms with E-state index in [-0.39, 0.29) is 17.9 Å². The lowest BCUT2D eigenvalue weighted by Gasteiger charge is -2.17. The molecule has 1 aromatic heterocycles. The fourth-order valence-corrected chi connectivity index (χ4v) is 3.38. The zero-order valence-corrected chi connectivity index (χ0v) is 17.0. The van der Waals surface area contributed by atoms with Crippen LogP contribution in [0.15, 0.2) is 53.9 Å². The van der Waals surface area contributed by atoms with E-state index < -0.39 is 6.04 Å². The van der Waals surface area contributed by atoms with Gasteiger partial charge in [0.15, 0.2) is 0 Å². The van der Waals surface area contributed by atoms with Crippen LogP contribution in [0.25, 0.3) is 0 Å². The summed E-state index contributed by atoms with van der Waals surface area (Å²) in [6, 6.07) is 10.1. The van der Waals surface area contributed by atoms with Gasteiger partial charge in [0.05, 0.1) is 13.2 Å². The molecule has 0 unspecified atom stereocenters. The van der Waals surface area contributed by atoms with Crippen molar-refractivity contribution in [3.63, 3.8) is 0 Å². The van der Waals surface area contributed by atoms with Gasteiger partial charge >= 0.3 is 0 Å². The van der Waals surface area contributed by atoms with Crippen molar-refractivity contribution in [1.29, 1.82) is 0 Å². The molecule has 0 saturated carbocycles. The molecule has 0 spiro atoms. The zero-order chi connectivity index (χ0) is 20.4. The summed E-state index contributed by atoms with van der Waals surface area (Å²) in [6.45, 7) is 2.02. The molecule has 0 aliphatic rings. The molecule has 0 bridgehead atoms. The molecule has 0 fully saturated rings. The molecule has 7 heteroatoms. The third-order valence-electron chi connectivity index (χ3n) is 4.10. The van der Waals surface area contributed by atoms with Crippen LogP contribution >= 0.6 is 11.3 Å². The van der Waals surface area contributed by atoms with E-state index in [9.17, 15) is 9.59 Å². The lowest BCUT2D eigenvalue weighted by Crippen LogP contribution is -2.45. The van der Waals surface area contributed by atoms with E-state index in [2.05, 4.69) is 10.6 Å². The highest BCUT2D eigenvalue weighted by atomic mass is 32.1. The molecule has 2 rings (SSSR count). The lowest BCUT2D eigenvalue weighted by atomic mass is 10.1. The highest BCUT2D eigenvalue weighted by Crippen LogP contribution is 2.15. The Hall–Kier alpha value is -2.64. The second-order valence-corrected chi connectivity index (χ2v) is 7.40. The third kappa shape index (κ3) is 7.17. The number of hydrogen-bond donors (Lipinski definition) is 3. The van der Waals surface area contributed by atoms with Gasteiger partial charge in [0.1, 0.15) is 5.75 Å². The first kappa shape index (κ1) is 21.7. The average molecular weight is 402 g/mol. The van der Waals surface area contributed by atoms with E-state index in [1.165, 1.54) is 6.08 Å². The van der Waals surface area contributed by atoms with E-state index in [0.29, 0.717) is 12.1 Å². The number of nitrogens with one attached hydrogen (secondary N) is 2. The van der Waals surface area contributed by atoms with Crippen LogP contribution in [0.3, 0.4) is 0 Å². The van der Waals surface area contributed by atoms with Crippen LogP contribution in [0.1, 0.15) is 24.6 Å². The Morgan fingerprint density at radius 1 is 1.25 bits per heavy atom. The van der Waals surface area contributed by atoms with E-state index in [1.807, 2.05) is 24.4 Å². The number of hydrogen-bond acceptors (Lipinski definition) is 5. The van der Waals surface area contributed by atoms with Gasteiger partial charge in [-0.05, 0) is 42.1 Å². The van der Waals surface area contributed by atoms with Crippen LogP contribution in [0.4, 0.5) is 5.69 Å². The Morgan fingerprint density at radius 3 is 2.61 bits per heavy atom. The number of ether oxygens (including phenoxy) is 1. The van der Waals surface area contributed by atoms with E-state index in [0.717, 1.165) is 23.5 Å². The van der Waals surface area contributed by atoms with E-state index in [1.54, 1.807) is 48.8 Å². The van der Waals surface area contributed by atoms with Crippen molar-refractivity contribution >= 4 is 28.8 Å². The van der Waals surface area contributed by atoms with Gasteiger partial charge in [0, 0.05) is 29.1 Å². The monoisotopic (exact) mass is 401 g/mol. The van der Waals surface area contributed by atoms with Crippen molar-refractivity contribution < 1.29 is 14.3 Å². The molecule has 1 aromatic carbocycles.